The molecule has 0 radical (unpaired) electrons. The van der Waals surface area contributed by atoms with Crippen LogP contribution in [0.1, 0.15) is 50.7 Å². The fourth-order valence-electron chi connectivity index (χ4n) is 5.22. The van der Waals surface area contributed by atoms with Crippen molar-refractivity contribution in [2.24, 2.45) is 0 Å². The third-order valence-corrected chi connectivity index (χ3v) is 7.79. The molecule has 1 aromatic heterocycles. The summed E-state index contributed by atoms with van der Waals surface area (Å²) in [7, 11) is 1.64. The van der Waals surface area contributed by atoms with Gasteiger partial charge < -0.3 is 14.5 Å². The molecule has 3 atom stereocenters. The number of likely N-dealkylation sites (tertiary alicyclic amines) is 1. The van der Waals surface area contributed by atoms with Crippen molar-refractivity contribution in [3.63, 3.8) is 0 Å². The van der Waals surface area contributed by atoms with Gasteiger partial charge in [0.05, 0.1) is 18.6 Å². The van der Waals surface area contributed by atoms with E-state index in [-0.39, 0.29) is 17.9 Å². The Morgan fingerprint density at radius 2 is 1.85 bits per heavy atom. The summed E-state index contributed by atoms with van der Waals surface area (Å²) in [5.41, 5.74) is 2.74. The zero-order valence-corrected chi connectivity index (χ0v) is 19.5. The summed E-state index contributed by atoms with van der Waals surface area (Å²) in [4.78, 5) is 32.5. The number of carbonyl (C=O) groups is 2. The highest BCUT2D eigenvalue weighted by molar-refractivity contribution is 7.10. The van der Waals surface area contributed by atoms with Crippen LogP contribution >= 0.6 is 11.3 Å². The monoisotopic (exact) mass is 460 g/mol. The summed E-state index contributed by atoms with van der Waals surface area (Å²) in [6.45, 7) is 2.32. The molecule has 2 aromatic carbocycles. The van der Waals surface area contributed by atoms with Crippen molar-refractivity contribution < 1.29 is 14.3 Å². The molecule has 0 aliphatic carbocycles. The molecule has 170 valence electrons. The lowest BCUT2D eigenvalue weighted by Gasteiger charge is -2.42. The number of fused-ring (bicyclic) bond motifs is 1. The van der Waals surface area contributed by atoms with Crippen LogP contribution in [0.5, 0.6) is 0 Å². The molecule has 0 bridgehead atoms. The molecule has 2 aliphatic heterocycles. The number of benzene rings is 2. The number of rotatable bonds is 6. The van der Waals surface area contributed by atoms with Crippen molar-refractivity contribution in [3.05, 3.63) is 93.7 Å². The molecule has 6 heteroatoms. The van der Waals surface area contributed by atoms with Gasteiger partial charge in [-0.1, -0.05) is 54.6 Å². The van der Waals surface area contributed by atoms with E-state index in [1.165, 1.54) is 5.56 Å². The standard InChI is InChI=1S/C27H28N2O3S/c1-32-16-15-29-25(23-12-7-17-33-23)24(21-10-5-6-11-22(21)26(29)30)27(31)28-14-13-20(18-28)19-8-3-2-4-9-19/h2-12,17,20,24-25H,13-16,18H2,1H3/t20-,24-,25+/m0/s1. The molecule has 1 saturated heterocycles. The van der Waals surface area contributed by atoms with Gasteiger partial charge >= 0.3 is 0 Å². The molecule has 5 rings (SSSR count). The van der Waals surface area contributed by atoms with Crippen LogP contribution in [0.4, 0.5) is 0 Å². The Morgan fingerprint density at radius 3 is 2.61 bits per heavy atom. The molecule has 3 heterocycles. The van der Waals surface area contributed by atoms with Crippen LogP contribution in [0.15, 0.2) is 72.1 Å². The minimum absolute atomic E-state index is 0.0336. The van der Waals surface area contributed by atoms with Crippen molar-refractivity contribution >= 4 is 23.2 Å². The van der Waals surface area contributed by atoms with E-state index >= 15 is 0 Å². The normalized spacial score (nSPS) is 22.5. The first-order valence-electron chi connectivity index (χ1n) is 11.4. The van der Waals surface area contributed by atoms with Gasteiger partial charge in [0.25, 0.3) is 5.91 Å². The van der Waals surface area contributed by atoms with Gasteiger partial charge in [-0.3, -0.25) is 9.59 Å². The molecule has 2 amide bonds. The predicted molar refractivity (Wildman–Crippen MR) is 130 cm³/mol. The van der Waals surface area contributed by atoms with E-state index in [2.05, 4.69) is 24.3 Å². The predicted octanol–water partition coefficient (Wildman–Crippen LogP) is 4.69. The summed E-state index contributed by atoms with van der Waals surface area (Å²) in [6.07, 6.45) is 0.958. The smallest absolute Gasteiger partial charge is 0.254 e. The largest absolute Gasteiger partial charge is 0.383 e. The maximum absolute atomic E-state index is 14.1. The molecular weight excluding hydrogens is 432 g/mol. The lowest BCUT2D eigenvalue weighted by molar-refractivity contribution is -0.133. The van der Waals surface area contributed by atoms with E-state index in [4.69, 9.17) is 4.74 Å². The van der Waals surface area contributed by atoms with Crippen LogP contribution in [-0.4, -0.2) is 55.0 Å². The number of hydrogen-bond donors (Lipinski definition) is 0. The second kappa shape index (κ2) is 9.49. The van der Waals surface area contributed by atoms with Crippen LogP contribution in [0.2, 0.25) is 0 Å². The van der Waals surface area contributed by atoms with Crippen LogP contribution in [0.3, 0.4) is 0 Å². The Morgan fingerprint density at radius 1 is 1.06 bits per heavy atom. The fraction of sp³-hybridized carbons (Fsp3) is 0.333. The van der Waals surface area contributed by atoms with E-state index in [9.17, 15) is 9.59 Å². The summed E-state index contributed by atoms with van der Waals surface area (Å²) in [6, 6.07) is 21.7. The van der Waals surface area contributed by atoms with Crippen LogP contribution in [-0.2, 0) is 9.53 Å². The molecule has 0 spiro atoms. The van der Waals surface area contributed by atoms with Gasteiger partial charge in [-0.05, 0) is 35.1 Å². The quantitative estimate of drug-likeness (QED) is 0.536. The summed E-state index contributed by atoms with van der Waals surface area (Å²) in [5, 5.41) is 2.01. The second-order valence-electron chi connectivity index (χ2n) is 8.70. The first kappa shape index (κ1) is 21.9. The lowest BCUT2D eigenvalue weighted by atomic mass is 9.81. The van der Waals surface area contributed by atoms with Gasteiger partial charge in [0, 0.05) is 43.1 Å². The van der Waals surface area contributed by atoms with E-state index in [1.807, 2.05) is 57.6 Å². The second-order valence-corrected chi connectivity index (χ2v) is 9.68. The van der Waals surface area contributed by atoms with Crippen molar-refractivity contribution in [2.75, 3.05) is 33.4 Å². The Labute approximate surface area is 198 Å². The summed E-state index contributed by atoms with van der Waals surface area (Å²) >= 11 is 1.60. The van der Waals surface area contributed by atoms with Gasteiger partial charge in [-0.2, -0.15) is 0 Å². The third kappa shape index (κ3) is 4.09. The van der Waals surface area contributed by atoms with E-state index in [0.29, 0.717) is 31.2 Å². The van der Waals surface area contributed by atoms with Gasteiger partial charge in [0.15, 0.2) is 0 Å². The number of methoxy groups -OCH3 is 1. The minimum atomic E-state index is -0.427. The van der Waals surface area contributed by atoms with Crippen molar-refractivity contribution in [3.8, 4) is 0 Å². The SMILES string of the molecule is COCCN1C(=O)c2ccccc2[C@H](C(=O)N2CC[C@H](c3ccccc3)C2)[C@H]1c1cccs1. The molecular formula is C27H28N2O3S. The van der Waals surface area contributed by atoms with Crippen LogP contribution in [0.25, 0.3) is 0 Å². The average Bonchev–Trinajstić information content (AvgIpc) is 3.56. The Hall–Kier alpha value is -2.96. The van der Waals surface area contributed by atoms with E-state index < -0.39 is 5.92 Å². The number of carbonyl (C=O) groups excluding carboxylic acids is 2. The van der Waals surface area contributed by atoms with Gasteiger partial charge in [-0.15, -0.1) is 11.3 Å². The Kier molecular flexibility index (Phi) is 6.29. The average molecular weight is 461 g/mol. The number of ether oxygens (including phenoxy) is 1. The highest BCUT2D eigenvalue weighted by Gasteiger charge is 2.46. The number of amides is 2. The molecule has 5 nitrogen and oxygen atoms in total. The Bertz CT molecular complexity index is 1120. The zero-order valence-electron chi connectivity index (χ0n) is 18.7. The van der Waals surface area contributed by atoms with Crippen LogP contribution in [0, 0.1) is 0 Å². The number of hydrogen-bond acceptors (Lipinski definition) is 4. The maximum atomic E-state index is 14.1. The highest BCUT2D eigenvalue weighted by Crippen LogP contribution is 2.45. The van der Waals surface area contributed by atoms with Crippen LogP contribution < -0.4 is 0 Å². The topological polar surface area (TPSA) is 49.9 Å². The number of nitrogens with zero attached hydrogens (tertiary/aromatic N) is 2. The summed E-state index contributed by atoms with van der Waals surface area (Å²) < 4.78 is 5.32. The molecule has 2 aliphatic rings. The third-order valence-electron chi connectivity index (χ3n) is 6.85. The van der Waals surface area contributed by atoms with E-state index in [0.717, 1.165) is 23.4 Å². The summed E-state index contributed by atoms with van der Waals surface area (Å²) in [5.74, 6) is -0.00721. The van der Waals surface area contributed by atoms with Gasteiger partial charge in [-0.25, -0.2) is 0 Å². The van der Waals surface area contributed by atoms with Gasteiger partial charge in [0.1, 0.15) is 0 Å². The first-order valence-corrected chi connectivity index (χ1v) is 12.3. The zero-order chi connectivity index (χ0) is 22.8. The molecule has 0 saturated carbocycles. The molecule has 33 heavy (non-hydrogen) atoms. The Balaban J connectivity index is 1.52. The minimum Gasteiger partial charge on any atom is -0.383 e. The van der Waals surface area contributed by atoms with Gasteiger partial charge in [0.2, 0.25) is 5.91 Å². The van der Waals surface area contributed by atoms with Crippen molar-refractivity contribution in [1.82, 2.24) is 9.80 Å². The molecule has 0 N–H and O–H groups in total. The molecule has 0 unspecified atom stereocenters. The maximum Gasteiger partial charge on any atom is 0.254 e. The fourth-order valence-corrected chi connectivity index (χ4v) is 6.10. The van der Waals surface area contributed by atoms with Crippen molar-refractivity contribution in [2.45, 2.75) is 24.3 Å². The number of thiophene rings is 1. The molecule has 1 fully saturated rings. The lowest BCUT2D eigenvalue weighted by Crippen LogP contribution is -2.48. The highest BCUT2D eigenvalue weighted by atomic mass is 32.1. The molecule has 3 aromatic rings. The van der Waals surface area contributed by atoms with E-state index in [1.54, 1.807) is 18.4 Å². The van der Waals surface area contributed by atoms with Crippen molar-refractivity contribution in [1.29, 1.82) is 0 Å². The first-order chi connectivity index (χ1) is 16.2.